The smallest absolute Gasteiger partial charge is 0.0239 e. The number of likely N-dealkylation sites (N-methyl/N-ethyl adjacent to an activating group) is 1. The number of rotatable bonds is 2. The van der Waals surface area contributed by atoms with Gasteiger partial charge < -0.3 is 0 Å². The molecule has 0 amide bonds. The molecule has 0 aromatic heterocycles. The van der Waals surface area contributed by atoms with E-state index in [1.54, 1.807) is 5.56 Å². The standard InChI is InChI=1S/C14H21N/c1-4-15-10-13-8-6-5-7-12(13)9-14(15)11(2)3/h5-8,11,14H,4,9-10H2,1-3H3. The Hall–Kier alpha value is -0.820. The van der Waals surface area contributed by atoms with E-state index in [-0.39, 0.29) is 0 Å². The van der Waals surface area contributed by atoms with Crippen molar-refractivity contribution in [3.63, 3.8) is 0 Å². The zero-order chi connectivity index (χ0) is 10.8. The Kier molecular flexibility index (Phi) is 3.11. The van der Waals surface area contributed by atoms with Crippen LogP contribution >= 0.6 is 0 Å². The van der Waals surface area contributed by atoms with E-state index in [9.17, 15) is 0 Å². The van der Waals surface area contributed by atoms with Gasteiger partial charge in [0.15, 0.2) is 0 Å². The highest BCUT2D eigenvalue weighted by Gasteiger charge is 2.26. The van der Waals surface area contributed by atoms with Crippen molar-refractivity contribution in [2.24, 2.45) is 5.92 Å². The lowest BCUT2D eigenvalue weighted by Crippen LogP contribution is -2.43. The van der Waals surface area contributed by atoms with Gasteiger partial charge in [-0.1, -0.05) is 45.0 Å². The quantitative estimate of drug-likeness (QED) is 0.714. The third kappa shape index (κ3) is 2.07. The zero-order valence-electron chi connectivity index (χ0n) is 10.0. The minimum Gasteiger partial charge on any atom is -0.296 e. The van der Waals surface area contributed by atoms with Crippen LogP contribution < -0.4 is 0 Å². The van der Waals surface area contributed by atoms with E-state index < -0.39 is 0 Å². The molecule has 1 aromatic rings. The molecule has 1 aliphatic heterocycles. The maximum absolute atomic E-state index is 2.60. The first-order chi connectivity index (χ1) is 7.22. The van der Waals surface area contributed by atoms with Crippen molar-refractivity contribution in [2.75, 3.05) is 6.54 Å². The van der Waals surface area contributed by atoms with Crippen molar-refractivity contribution in [1.82, 2.24) is 4.90 Å². The average Bonchev–Trinajstić information content (AvgIpc) is 2.27. The third-order valence-electron chi connectivity index (χ3n) is 3.57. The summed E-state index contributed by atoms with van der Waals surface area (Å²) in [5.41, 5.74) is 3.08. The molecule has 0 saturated heterocycles. The van der Waals surface area contributed by atoms with Gasteiger partial charge >= 0.3 is 0 Å². The SMILES string of the molecule is CCN1Cc2ccccc2CC1C(C)C. The molecule has 1 heteroatoms. The van der Waals surface area contributed by atoms with Crippen molar-refractivity contribution in [1.29, 1.82) is 0 Å². The van der Waals surface area contributed by atoms with Gasteiger partial charge in [-0.25, -0.2) is 0 Å². The zero-order valence-corrected chi connectivity index (χ0v) is 10.0. The number of fused-ring (bicyclic) bond motifs is 1. The van der Waals surface area contributed by atoms with Crippen LogP contribution in [0.3, 0.4) is 0 Å². The minimum absolute atomic E-state index is 0.727. The molecule has 1 unspecified atom stereocenters. The summed E-state index contributed by atoms with van der Waals surface area (Å²) in [7, 11) is 0. The summed E-state index contributed by atoms with van der Waals surface area (Å²) in [5.74, 6) is 0.748. The topological polar surface area (TPSA) is 3.24 Å². The summed E-state index contributed by atoms with van der Waals surface area (Å²) in [6, 6.07) is 9.61. The Labute approximate surface area is 93.1 Å². The Balaban J connectivity index is 2.26. The first kappa shape index (κ1) is 10.7. The van der Waals surface area contributed by atoms with Gasteiger partial charge in [-0.15, -0.1) is 0 Å². The Morgan fingerprint density at radius 1 is 1.27 bits per heavy atom. The van der Waals surface area contributed by atoms with Gasteiger partial charge in [0, 0.05) is 12.6 Å². The monoisotopic (exact) mass is 203 g/mol. The van der Waals surface area contributed by atoms with Gasteiger partial charge in [-0.2, -0.15) is 0 Å². The first-order valence-corrected chi connectivity index (χ1v) is 6.03. The summed E-state index contributed by atoms with van der Waals surface area (Å²) in [6.07, 6.45) is 1.22. The van der Waals surface area contributed by atoms with Gasteiger partial charge in [0.1, 0.15) is 0 Å². The van der Waals surface area contributed by atoms with Gasteiger partial charge in [-0.3, -0.25) is 4.90 Å². The number of hydrogen-bond donors (Lipinski definition) is 0. The molecule has 0 N–H and O–H groups in total. The van der Waals surface area contributed by atoms with E-state index in [1.807, 2.05) is 0 Å². The highest BCUT2D eigenvalue weighted by Crippen LogP contribution is 2.26. The maximum atomic E-state index is 2.60. The van der Waals surface area contributed by atoms with Crippen LogP contribution in [0.2, 0.25) is 0 Å². The molecule has 0 saturated carbocycles. The van der Waals surface area contributed by atoms with Crippen LogP contribution in [0.5, 0.6) is 0 Å². The molecular formula is C14H21N. The van der Waals surface area contributed by atoms with Crippen molar-refractivity contribution in [2.45, 2.75) is 39.8 Å². The van der Waals surface area contributed by atoms with Crippen LogP contribution in [-0.4, -0.2) is 17.5 Å². The molecule has 0 bridgehead atoms. The van der Waals surface area contributed by atoms with Crippen LogP contribution in [0.1, 0.15) is 31.9 Å². The number of nitrogens with zero attached hydrogens (tertiary/aromatic N) is 1. The largest absolute Gasteiger partial charge is 0.296 e. The summed E-state index contributed by atoms with van der Waals surface area (Å²) in [4.78, 5) is 2.60. The molecule has 1 heterocycles. The fourth-order valence-corrected chi connectivity index (χ4v) is 2.61. The lowest BCUT2D eigenvalue weighted by Gasteiger charge is -2.38. The molecule has 0 aliphatic carbocycles. The van der Waals surface area contributed by atoms with E-state index >= 15 is 0 Å². The van der Waals surface area contributed by atoms with E-state index in [1.165, 1.54) is 12.0 Å². The summed E-state index contributed by atoms with van der Waals surface area (Å²) in [5, 5.41) is 0. The van der Waals surface area contributed by atoms with Gasteiger partial charge in [0.2, 0.25) is 0 Å². The highest BCUT2D eigenvalue weighted by atomic mass is 15.2. The van der Waals surface area contributed by atoms with E-state index in [4.69, 9.17) is 0 Å². The summed E-state index contributed by atoms with van der Waals surface area (Å²) in [6.45, 7) is 9.23. The Morgan fingerprint density at radius 3 is 2.53 bits per heavy atom. The molecule has 1 aromatic carbocycles. The molecule has 1 nitrogen and oxygen atoms in total. The second-order valence-electron chi connectivity index (χ2n) is 4.85. The normalized spacial score (nSPS) is 21.7. The molecule has 2 rings (SSSR count). The molecular weight excluding hydrogens is 182 g/mol. The first-order valence-electron chi connectivity index (χ1n) is 6.03. The molecule has 0 radical (unpaired) electrons. The Morgan fingerprint density at radius 2 is 1.93 bits per heavy atom. The van der Waals surface area contributed by atoms with Gasteiger partial charge in [0.05, 0.1) is 0 Å². The van der Waals surface area contributed by atoms with E-state index in [0.717, 1.165) is 25.0 Å². The van der Waals surface area contributed by atoms with Gasteiger partial charge in [-0.05, 0) is 30.0 Å². The predicted molar refractivity (Wildman–Crippen MR) is 64.9 cm³/mol. The molecule has 82 valence electrons. The average molecular weight is 203 g/mol. The molecule has 1 aliphatic rings. The van der Waals surface area contributed by atoms with Crippen LogP contribution in [0.25, 0.3) is 0 Å². The van der Waals surface area contributed by atoms with Gasteiger partial charge in [0.25, 0.3) is 0 Å². The molecule has 15 heavy (non-hydrogen) atoms. The minimum atomic E-state index is 0.727. The molecule has 1 atom stereocenters. The van der Waals surface area contributed by atoms with Crippen molar-refractivity contribution in [3.05, 3.63) is 35.4 Å². The van der Waals surface area contributed by atoms with Crippen molar-refractivity contribution < 1.29 is 0 Å². The summed E-state index contributed by atoms with van der Waals surface area (Å²) >= 11 is 0. The lowest BCUT2D eigenvalue weighted by molar-refractivity contribution is 0.140. The lowest BCUT2D eigenvalue weighted by atomic mass is 9.88. The Bertz CT molecular complexity index is 330. The predicted octanol–water partition coefficient (Wildman–Crippen LogP) is 3.09. The number of hydrogen-bond acceptors (Lipinski definition) is 1. The fraction of sp³-hybridized carbons (Fsp3) is 0.571. The van der Waals surface area contributed by atoms with Crippen molar-refractivity contribution >= 4 is 0 Å². The second-order valence-corrected chi connectivity index (χ2v) is 4.85. The molecule has 0 fully saturated rings. The second kappa shape index (κ2) is 4.36. The van der Waals surface area contributed by atoms with Crippen LogP contribution in [-0.2, 0) is 13.0 Å². The van der Waals surface area contributed by atoms with Crippen LogP contribution in [0, 0.1) is 5.92 Å². The maximum Gasteiger partial charge on any atom is 0.0239 e. The summed E-state index contributed by atoms with van der Waals surface area (Å²) < 4.78 is 0. The third-order valence-corrected chi connectivity index (χ3v) is 3.57. The van der Waals surface area contributed by atoms with E-state index in [2.05, 4.69) is 49.9 Å². The van der Waals surface area contributed by atoms with E-state index in [0.29, 0.717) is 0 Å². The highest BCUT2D eigenvalue weighted by molar-refractivity contribution is 5.30. The number of benzene rings is 1. The van der Waals surface area contributed by atoms with Crippen molar-refractivity contribution in [3.8, 4) is 0 Å². The van der Waals surface area contributed by atoms with Crippen LogP contribution in [0.15, 0.2) is 24.3 Å². The van der Waals surface area contributed by atoms with Crippen LogP contribution in [0.4, 0.5) is 0 Å². The fourth-order valence-electron chi connectivity index (χ4n) is 2.61. The molecule has 0 spiro atoms.